The molecule has 1 rings (SSSR count). The number of rotatable bonds is 34. The van der Waals surface area contributed by atoms with Crippen molar-refractivity contribution in [2.24, 2.45) is 0 Å². The summed E-state index contributed by atoms with van der Waals surface area (Å²) in [6, 6.07) is 0. The number of hydrogen-bond acceptors (Lipinski definition) is 5. The fourth-order valence-electron chi connectivity index (χ4n) is 6.50. The molecule has 0 unspecified atom stereocenters. The Hall–Kier alpha value is -0.660. The molecule has 1 heterocycles. The van der Waals surface area contributed by atoms with Gasteiger partial charge >= 0.3 is 0 Å². The molecule has 0 saturated carbocycles. The summed E-state index contributed by atoms with van der Waals surface area (Å²) in [6.45, 7) is 14.0. The van der Waals surface area contributed by atoms with E-state index >= 15 is 0 Å². The van der Waals surface area contributed by atoms with Gasteiger partial charge in [-0.2, -0.15) is 0 Å². The van der Waals surface area contributed by atoms with Gasteiger partial charge in [0.1, 0.15) is 13.1 Å². The maximum Gasteiger partial charge on any atom is 0.234 e. The second-order valence-electron chi connectivity index (χ2n) is 14.6. The van der Waals surface area contributed by atoms with Crippen LogP contribution in [0.3, 0.4) is 0 Å². The van der Waals surface area contributed by atoms with E-state index in [1.165, 1.54) is 225 Å². The van der Waals surface area contributed by atoms with Gasteiger partial charge in [0.15, 0.2) is 0 Å². The monoisotopic (exact) mass is 717 g/mol. The van der Waals surface area contributed by atoms with Crippen LogP contribution < -0.4 is 0 Å². The van der Waals surface area contributed by atoms with Gasteiger partial charge in [-0.15, -0.1) is 0 Å². The number of hydrogen-bond donors (Lipinski definition) is 0. The minimum atomic E-state index is -4.41. The molecule has 7 heteroatoms. The lowest BCUT2D eigenvalue weighted by Crippen LogP contribution is -2.18. The fourth-order valence-corrected chi connectivity index (χ4v) is 6.50. The molecule has 6 nitrogen and oxygen atoms in total. The van der Waals surface area contributed by atoms with E-state index in [0.717, 1.165) is 13.7 Å². The predicted octanol–water partition coefficient (Wildman–Crippen LogP) is 13.0. The molecule has 0 radical (unpaired) electrons. The summed E-state index contributed by atoms with van der Waals surface area (Å²) in [4.78, 5) is 2.42. The van der Waals surface area contributed by atoms with Gasteiger partial charge in [-0.25, -0.2) is 8.42 Å². The van der Waals surface area contributed by atoms with E-state index in [0.29, 0.717) is 0 Å². The Bertz CT molecular complexity index is 746. The third kappa shape index (κ3) is 45.3. The smallest absolute Gasteiger partial charge is 0.234 e. The van der Waals surface area contributed by atoms with E-state index in [4.69, 9.17) is 0 Å². The Morgan fingerprint density at radius 1 is 0.510 bits per heavy atom. The zero-order valence-corrected chi connectivity index (χ0v) is 34.8. The molecule has 49 heavy (non-hydrogen) atoms. The van der Waals surface area contributed by atoms with Crippen molar-refractivity contribution >= 4 is 16.7 Å². The van der Waals surface area contributed by atoms with E-state index in [9.17, 15) is 13.0 Å². The molecule has 0 atom stereocenters. The first-order valence-corrected chi connectivity index (χ1v) is 23.0. The normalized spacial score (nSPS) is 12.8. The highest BCUT2D eigenvalue weighted by molar-refractivity contribution is 7.80. The zero-order valence-electron chi connectivity index (χ0n) is 34.0. The number of unbranched alkanes of at least 4 members (excludes halogenated alkanes) is 30. The number of nitrogens with zero attached hydrogens (tertiary/aromatic N) is 2. The summed E-state index contributed by atoms with van der Waals surface area (Å²) in [5.41, 5.74) is 0. The first kappa shape index (κ1) is 50.4. The van der Waals surface area contributed by atoms with Crippen LogP contribution in [-0.4, -0.2) is 62.1 Å². The predicted molar refractivity (Wildman–Crippen MR) is 215 cm³/mol. The molecular formula is C42H88N2O4S. The average Bonchev–Trinajstić information content (AvgIpc) is 3.56. The summed E-state index contributed by atoms with van der Waals surface area (Å²) in [5.74, 6) is 0. The molecule has 0 fully saturated rings. The Kier molecular flexibility index (Phi) is 43.0. The van der Waals surface area contributed by atoms with E-state index in [2.05, 4.69) is 47.7 Å². The minimum Gasteiger partial charge on any atom is -0.726 e. The lowest BCUT2D eigenvalue weighted by Gasteiger charge is -2.04. The lowest BCUT2D eigenvalue weighted by molar-refractivity contribution is -0.514. The lowest BCUT2D eigenvalue weighted by atomic mass is 10.0. The Labute approximate surface area is 309 Å². The van der Waals surface area contributed by atoms with E-state index < -0.39 is 10.4 Å². The van der Waals surface area contributed by atoms with Crippen LogP contribution in [0.1, 0.15) is 233 Å². The summed E-state index contributed by atoms with van der Waals surface area (Å²) < 4.78 is 33.5. The van der Waals surface area contributed by atoms with Crippen molar-refractivity contribution in [2.45, 2.75) is 233 Å². The Morgan fingerprint density at radius 2 is 0.755 bits per heavy atom. The van der Waals surface area contributed by atoms with Gasteiger partial charge in [-0.1, -0.05) is 213 Å². The molecule has 0 aromatic carbocycles. The van der Waals surface area contributed by atoms with Gasteiger partial charge in [0.25, 0.3) is 0 Å². The van der Waals surface area contributed by atoms with Crippen molar-refractivity contribution in [2.75, 3.05) is 33.3 Å². The molecule has 0 spiro atoms. The maximum absolute atomic E-state index is 9.22. The van der Waals surface area contributed by atoms with Crippen LogP contribution in [0.5, 0.6) is 0 Å². The van der Waals surface area contributed by atoms with E-state index in [1.54, 1.807) is 0 Å². The van der Waals surface area contributed by atoms with Crippen molar-refractivity contribution in [3.8, 4) is 0 Å². The molecule has 1 aliphatic rings. The molecule has 0 aromatic rings. The van der Waals surface area contributed by atoms with E-state index in [-0.39, 0.29) is 0 Å². The number of likely N-dealkylation sites (N-methyl/N-ethyl adjacent to an activating group) is 1. The van der Waals surface area contributed by atoms with Crippen LogP contribution in [0.15, 0.2) is 0 Å². The van der Waals surface area contributed by atoms with Gasteiger partial charge < -0.3 is 4.55 Å². The van der Waals surface area contributed by atoms with Crippen LogP contribution in [-0.2, 0) is 14.6 Å². The quantitative estimate of drug-likeness (QED) is 0.0287. The van der Waals surface area contributed by atoms with Gasteiger partial charge in [0.05, 0.1) is 20.2 Å². The second kappa shape index (κ2) is 41.8. The zero-order chi connectivity index (χ0) is 36.5. The molecule has 0 amide bonds. The third-order valence-corrected chi connectivity index (χ3v) is 10.3. The SMILES string of the molecule is CCCCCCCCCCCCCCCCC.CCCCCCCCCCCCCCCCCCC[N+]1=CN(CC)CC1.COS(=O)(=O)[O-]. The van der Waals surface area contributed by atoms with Gasteiger partial charge in [-0.3, -0.25) is 13.7 Å². The van der Waals surface area contributed by atoms with Crippen molar-refractivity contribution in [1.29, 1.82) is 0 Å². The van der Waals surface area contributed by atoms with Crippen molar-refractivity contribution < 1.29 is 21.7 Å². The third-order valence-electron chi connectivity index (χ3n) is 9.87. The van der Waals surface area contributed by atoms with Crippen LogP contribution >= 0.6 is 0 Å². The topological polar surface area (TPSA) is 72.7 Å². The van der Waals surface area contributed by atoms with Crippen LogP contribution in [0.25, 0.3) is 0 Å². The molecular weight excluding hydrogens is 629 g/mol. The maximum atomic E-state index is 9.22. The average molecular weight is 717 g/mol. The van der Waals surface area contributed by atoms with Gasteiger partial charge in [0, 0.05) is 0 Å². The summed E-state index contributed by atoms with van der Waals surface area (Å²) in [5, 5.41) is 0. The van der Waals surface area contributed by atoms with E-state index in [1.807, 2.05) is 0 Å². The van der Waals surface area contributed by atoms with Crippen molar-refractivity contribution in [1.82, 2.24) is 4.90 Å². The van der Waals surface area contributed by atoms with Gasteiger partial charge in [0.2, 0.25) is 16.7 Å². The minimum absolute atomic E-state index is 0.808. The second-order valence-corrected chi connectivity index (χ2v) is 15.8. The summed E-state index contributed by atoms with van der Waals surface area (Å²) >= 11 is 0. The standard InChI is InChI=1S/C24H49N2.C17H36.CH4O4S/c1-3-5-6-7-8-9-10-11-12-13-14-15-16-17-18-19-20-21-26-23-22-25(4-2)24-26;1-3-5-7-9-11-13-15-17-16-14-12-10-8-6-4-2;1-5-6(2,3)4/h24H,3-23H2,1-2H3;3-17H2,1-2H3;1H3,(H,2,3,4)/q+1;;/p-1. The molecule has 0 N–H and O–H groups in total. The van der Waals surface area contributed by atoms with Crippen LogP contribution in [0, 0.1) is 0 Å². The molecule has 0 saturated heterocycles. The van der Waals surface area contributed by atoms with Crippen LogP contribution in [0.4, 0.5) is 0 Å². The van der Waals surface area contributed by atoms with Crippen molar-refractivity contribution in [3.63, 3.8) is 0 Å². The molecule has 0 aliphatic carbocycles. The highest BCUT2D eigenvalue weighted by atomic mass is 32.3. The Balaban J connectivity index is 0. The summed E-state index contributed by atoms with van der Waals surface area (Å²) in [7, 11) is -3.60. The Morgan fingerprint density at radius 3 is 0.959 bits per heavy atom. The molecule has 296 valence electrons. The largest absolute Gasteiger partial charge is 0.726 e. The highest BCUT2D eigenvalue weighted by Crippen LogP contribution is 2.15. The highest BCUT2D eigenvalue weighted by Gasteiger charge is 2.15. The van der Waals surface area contributed by atoms with Gasteiger partial charge in [-0.05, 0) is 19.8 Å². The molecule has 0 aromatic heterocycles. The van der Waals surface area contributed by atoms with Crippen LogP contribution in [0.2, 0.25) is 0 Å². The van der Waals surface area contributed by atoms with Crippen molar-refractivity contribution in [3.05, 3.63) is 0 Å². The fraction of sp³-hybridized carbons (Fsp3) is 0.976. The molecule has 0 bridgehead atoms. The molecule has 1 aliphatic heterocycles. The first-order valence-electron chi connectivity index (χ1n) is 21.7. The summed E-state index contributed by atoms with van der Waals surface area (Å²) in [6.07, 6.45) is 49.0. The first-order chi connectivity index (χ1) is 23.8.